The molecule has 0 bridgehead atoms. The van der Waals surface area contributed by atoms with Gasteiger partial charge in [-0.05, 0) is 37.1 Å². The van der Waals surface area contributed by atoms with Crippen LogP contribution < -0.4 is 38.7 Å². The first kappa shape index (κ1) is 41.4. The Morgan fingerprint density at radius 3 is 1.94 bits per heavy atom. The third kappa shape index (κ3) is 9.03. The number of ether oxygens (including phenoxy) is 7. The summed E-state index contributed by atoms with van der Waals surface area (Å²) in [5.41, 5.74) is 31.6. The lowest BCUT2D eigenvalue weighted by Gasteiger charge is -2.47. The Morgan fingerprint density at radius 2 is 1.31 bits per heavy atom. The van der Waals surface area contributed by atoms with Crippen LogP contribution >= 0.6 is 0 Å². The predicted octanol–water partition coefficient (Wildman–Crippen LogP) is -7.01. The molecule has 0 aromatic heterocycles. The highest BCUT2D eigenvalue weighted by Gasteiger charge is 2.54. The van der Waals surface area contributed by atoms with Crippen molar-refractivity contribution in [2.24, 2.45) is 28.7 Å². The van der Waals surface area contributed by atoms with Crippen LogP contribution in [0.2, 0.25) is 0 Å². The average molecular weight is 749 g/mol. The molecule has 20 heteroatoms. The van der Waals surface area contributed by atoms with Crippen LogP contribution in [-0.4, -0.2) is 185 Å². The van der Waals surface area contributed by atoms with Crippen molar-refractivity contribution in [3.05, 3.63) is 29.8 Å². The van der Waals surface area contributed by atoms with Gasteiger partial charge in [-0.3, -0.25) is 0 Å². The van der Waals surface area contributed by atoms with Crippen LogP contribution in [0.1, 0.15) is 12.0 Å². The Bertz CT molecular complexity index is 1260. The maximum atomic E-state index is 11.3. The SMILES string of the molecule is COc1cccc(CCNC[C@H]2O[C@H](O[C@H]3[C@H](O[C@@H]4O[C@H](CO)[C@@H](O[C@H]5O[C@@H](CN)[C@@H](O)[C@H](O)[C@H]5N)[C@H]4O)[C@@H](O)[C@H](N)C[C@@H]3N)[C@H](N)[C@@H](O)[C@@H]2O)c1. The van der Waals surface area contributed by atoms with Gasteiger partial charge in [-0.15, -0.1) is 0 Å². The summed E-state index contributed by atoms with van der Waals surface area (Å²) in [6, 6.07) is 3.36. The number of hydrogen-bond donors (Lipinski definition) is 13. The zero-order valence-corrected chi connectivity index (χ0v) is 28.9. The summed E-state index contributed by atoms with van der Waals surface area (Å²) in [7, 11) is 1.59. The molecule has 3 aliphatic heterocycles. The van der Waals surface area contributed by atoms with Gasteiger partial charge >= 0.3 is 0 Å². The van der Waals surface area contributed by atoms with E-state index in [1.165, 1.54) is 0 Å². The second-order valence-electron chi connectivity index (χ2n) is 13.8. The van der Waals surface area contributed by atoms with Gasteiger partial charge in [0, 0.05) is 25.2 Å². The lowest BCUT2D eigenvalue weighted by atomic mass is 9.84. The minimum absolute atomic E-state index is 0.0839. The molecule has 5 rings (SSSR count). The maximum Gasteiger partial charge on any atom is 0.187 e. The molecule has 19 atom stereocenters. The van der Waals surface area contributed by atoms with Crippen LogP contribution in [0.15, 0.2) is 24.3 Å². The van der Waals surface area contributed by atoms with Crippen LogP contribution in [0.5, 0.6) is 5.75 Å². The van der Waals surface area contributed by atoms with Gasteiger partial charge in [-0.2, -0.15) is 0 Å². The summed E-state index contributed by atoms with van der Waals surface area (Å²) in [5.74, 6) is 0.729. The standard InChI is InChI=1S/C32H56N6O14/c1-46-13-4-2-3-12(7-13)5-6-38-10-17-23(42)25(44)20(37)31(48-17)50-27-15(35)8-14(34)21(40)29(27)52-32-26(45)28(18(11-39)49-32)51-30-19(36)24(43)22(41)16(9-33)47-30/h2-4,7,14-32,38-45H,5-6,8-11,33-37H2,1H3/t14-,15+,16+,17-,18-,19-,20-,21+,22-,23-,24-,25-,26-,27-,28-,29-,30-,31-,32+/m1/s1. The molecule has 1 aromatic rings. The molecule has 1 saturated carbocycles. The lowest BCUT2D eigenvalue weighted by Crippen LogP contribution is -2.68. The first-order valence-electron chi connectivity index (χ1n) is 17.5. The number of aliphatic hydroxyl groups excluding tert-OH is 7. The van der Waals surface area contributed by atoms with Gasteiger partial charge in [-0.1, -0.05) is 12.1 Å². The topological polar surface area (TPSA) is 348 Å². The molecule has 4 aliphatic rings. The van der Waals surface area contributed by atoms with Crippen molar-refractivity contribution in [1.29, 1.82) is 0 Å². The van der Waals surface area contributed by atoms with Crippen LogP contribution in [-0.2, 0) is 34.8 Å². The molecule has 18 N–H and O–H groups in total. The smallest absolute Gasteiger partial charge is 0.187 e. The number of rotatable bonds is 14. The van der Waals surface area contributed by atoms with Gasteiger partial charge in [0.15, 0.2) is 18.9 Å². The molecule has 0 spiro atoms. The quantitative estimate of drug-likeness (QED) is 0.0786. The van der Waals surface area contributed by atoms with E-state index < -0.39 is 123 Å². The second-order valence-corrected chi connectivity index (χ2v) is 13.8. The number of aliphatic hydroxyl groups is 7. The molecule has 4 fully saturated rings. The molecule has 20 nitrogen and oxygen atoms in total. The van der Waals surface area contributed by atoms with Gasteiger partial charge in [0.25, 0.3) is 0 Å². The van der Waals surface area contributed by atoms with E-state index in [9.17, 15) is 35.7 Å². The molecule has 3 saturated heterocycles. The Kier molecular flexibility index (Phi) is 14.5. The van der Waals surface area contributed by atoms with Crippen molar-refractivity contribution in [3.8, 4) is 5.75 Å². The number of benzene rings is 1. The molecule has 0 radical (unpaired) electrons. The minimum atomic E-state index is -1.62. The third-order valence-electron chi connectivity index (χ3n) is 10.2. The van der Waals surface area contributed by atoms with Crippen LogP contribution in [0.4, 0.5) is 0 Å². The Labute approximate surface area is 301 Å². The molecular formula is C32H56N6O14. The second kappa shape index (κ2) is 18.3. The summed E-state index contributed by atoms with van der Waals surface area (Å²) in [6.07, 6.45) is -19.2. The third-order valence-corrected chi connectivity index (χ3v) is 10.2. The molecule has 3 heterocycles. The molecule has 52 heavy (non-hydrogen) atoms. The first-order valence-corrected chi connectivity index (χ1v) is 17.5. The van der Waals surface area contributed by atoms with Gasteiger partial charge < -0.3 is 103 Å². The largest absolute Gasteiger partial charge is 0.497 e. The van der Waals surface area contributed by atoms with Crippen molar-refractivity contribution in [2.75, 3.05) is 33.4 Å². The van der Waals surface area contributed by atoms with Crippen molar-refractivity contribution in [2.45, 2.75) is 129 Å². The van der Waals surface area contributed by atoms with Crippen molar-refractivity contribution < 1.29 is 68.9 Å². The summed E-state index contributed by atoms with van der Waals surface area (Å²) in [4.78, 5) is 0. The number of hydrogen-bond acceptors (Lipinski definition) is 20. The van der Waals surface area contributed by atoms with E-state index in [1.54, 1.807) is 7.11 Å². The molecular weight excluding hydrogens is 692 g/mol. The van der Waals surface area contributed by atoms with E-state index in [0.29, 0.717) is 13.0 Å². The fourth-order valence-electron chi connectivity index (χ4n) is 7.02. The van der Waals surface area contributed by atoms with Gasteiger partial charge in [0.1, 0.15) is 72.9 Å². The van der Waals surface area contributed by atoms with E-state index in [-0.39, 0.29) is 19.5 Å². The Morgan fingerprint density at radius 1 is 0.712 bits per heavy atom. The van der Waals surface area contributed by atoms with Crippen LogP contribution in [0.3, 0.4) is 0 Å². The number of methoxy groups -OCH3 is 1. The van der Waals surface area contributed by atoms with E-state index in [4.69, 9.17) is 61.8 Å². The van der Waals surface area contributed by atoms with E-state index in [2.05, 4.69) is 5.32 Å². The van der Waals surface area contributed by atoms with Crippen molar-refractivity contribution in [1.82, 2.24) is 5.32 Å². The molecule has 0 amide bonds. The molecule has 1 aromatic carbocycles. The van der Waals surface area contributed by atoms with Gasteiger partial charge in [0.2, 0.25) is 0 Å². The van der Waals surface area contributed by atoms with E-state index in [1.807, 2.05) is 24.3 Å². The first-order chi connectivity index (χ1) is 24.8. The average Bonchev–Trinajstić information content (AvgIpc) is 3.43. The van der Waals surface area contributed by atoms with E-state index >= 15 is 0 Å². The Balaban J connectivity index is 1.24. The zero-order valence-electron chi connectivity index (χ0n) is 28.9. The van der Waals surface area contributed by atoms with Crippen LogP contribution in [0, 0.1) is 0 Å². The van der Waals surface area contributed by atoms with Gasteiger partial charge in [0.05, 0.1) is 31.9 Å². The minimum Gasteiger partial charge on any atom is -0.497 e. The predicted molar refractivity (Wildman–Crippen MR) is 179 cm³/mol. The molecule has 298 valence electrons. The zero-order chi connectivity index (χ0) is 37.9. The maximum absolute atomic E-state index is 11.3. The molecule has 1 aliphatic carbocycles. The van der Waals surface area contributed by atoms with Crippen molar-refractivity contribution in [3.63, 3.8) is 0 Å². The summed E-state index contributed by atoms with van der Waals surface area (Å²) < 4.78 is 40.8. The summed E-state index contributed by atoms with van der Waals surface area (Å²) in [6.45, 7) is -0.182. The normalized spacial score (nSPS) is 45.6. The molecule has 0 unspecified atom stereocenters. The van der Waals surface area contributed by atoms with Crippen LogP contribution in [0.25, 0.3) is 0 Å². The highest BCUT2D eigenvalue weighted by Crippen LogP contribution is 2.34. The van der Waals surface area contributed by atoms with E-state index in [0.717, 1.165) is 11.3 Å². The van der Waals surface area contributed by atoms with Crippen molar-refractivity contribution >= 4 is 0 Å². The van der Waals surface area contributed by atoms with Gasteiger partial charge in [-0.25, -0.2) is 0 Å². The monoisotopic (exact) mass is 748 g/mol. The highest BCUT2D eigenvalue weighted by molar-refractivity contribution is 5.28. The number of nitrogens with two attached hydrogens (primary N) is 5. The summed E-state index contributed by atoms with van der Waals surface area (Å²) in [5, 5.41) is 78.0. The fourth-order valence-corrected chi connectivity index (χ4v) is 7.02. The highest BCUT2D eigenvalue weighted by atomic mass is 16.8. The Hall–Kier alpha value is -1.74. The lowest BCUT2D eigenvalue weighted by molar-refractivity contribution is -0.307. The summed E-state index contributed by atoms with van der Waals surface area (Å²) >= 11 is 0. The fraction of sp³-hybridized carbons (Fsp3) is 0.812. The number of nitrogens with one attached hydrogen (secondary N) is 1.